The zero-order valence-corrected chi connectivity index (χ0v) is 17.4. The van der Waals surface area contributed by atoms with Crippen LogP contribution in [-0.4, -0.2) is 54.8 Å². The van der Waals surface area contributed by atoms with Gasteiger partial charge in [0.2, 0.25) is 11.8 Å². The number of amides is 3. The fourth-order valence-corrected chi connectivity index (χ4v) is 4.11. The Morgan fingerprint density at radius 2 is 1.90 bits per heavy atom. The predicted molar refractivity (Wildman–Crippen MR) is 120 cm³/mol. The highest BCUT2D eigenvalue weighted by atomic mass is 16.2. The van der Waals surface area contributed by atoms with Crippen molar-refractivity contribution in [3.8, 4) is 0 Å². The van der Waals surface area contributed by atoms with E-state index in [4.69, 9.17) is 0 Å². The van der Waals surface area contributed by atoms with Crippen molar-refractivity contribution in [3.63, 3.8) is 0 Å². The first-order chi connectivity index (χ1) is 15.0. The summed E-state index contributed by atoms with van der Waals surface area (Å²) in [6.07, 6.45) is 4.97. The average molecular weight is 418 g/mol. The van der Waals surface area contributed by atoms with Crippen LogP contribution in [0.25, 0.3) is 12.2 Å². The van der Waals surface area contributed by atoms with Crippen molar-refractivity contribution in [2.75, 3.05) is 25.5 Å². The van der Waals surface area contributed by atoms with E-state index < -0.39 is 6.04 Å². The summed E-state index contributed by atoms with van der Waals surface area (Å²) in [7, 11) is 1.71. The number of carbonyl (C=O) groups excluding carboxylic acids is 3. The number of likely N-dealkylation sites (N-methyl/N-ethyl adjacent to an activating group) is 1. The Morgan fingerprint density at radius 1 is 1.13 bits per heavy atom. The lowest BCUT2D eigenvalue weighted by molar-refractivity contribution is -0.124. The lowest BCUT2D eigenvalue weighted by atomic mass is 9.96. The second kappa shape index (κ2) is 9.14. The van der Waals surface area contributed by atoms with Crippen LogP contribution in [0.3, 0.4) is 0 Å². The van der Waals surface area contributed by atoms with Crippen LogP contribution >= 0.6 is 0 Å². The maximum Gasteiger partial charge on any atom is 0.256 e. The Balaban J connectivity index is 1.53. The highest BCUT2D eigenvalue weighted by Gasteiger charge is 2.40. The Morgan fingerprint density at radius 3 is 2.68 bits per heavy atom. The third-order valence-electron chi connectivity index (χ3n) is 5.67. The molecular formula is C24H26N4O3. The van der Waals surface area contributed by atoms with Crippen LogP contribution in [0.2, 0.25) is 0 Å². The van der Waals surface area contributed by atoms with Crippen LogP contribution in [-0.2, 0) is 9.59 Å². The molecule has 2 atom stereocenters. The lowest BCUT2D eigenvalue weighted by Gasteiger charge is -2.37. The van der Waals surface area contributed by atoms with Gasteiger partial charge < -0.3 is 20.9 Å². The second-order valence-corrected chi connectivity index (χ2v) is 7.87. The van der Waals surface area contributed by atoms with E-state index in [1.807, 2.05) is 54.6 Å². The maximum absolute atomic E-state index is 13.3. The summed E-state index contributed by atoms with van der Waals surface area (Å²) in [5.74, 6) is -0.486. The fourth-order valence-electron chi connectivity index (χ4n) is 4.11. The zero-order chi connectivity index (χ0) is 21.8. The van der Waals surface area contributed by atoms with E-state index in [1.54, 1.807) is 18.0 Å². The summed E-state index contributed by atoms with van der Waals surface area (Å²) in [6.45, 7) is 0.645. The van der Waals surface area contributed by atoms with Crippen molar-refractivity contribution >= 4 is 35.6 Å². The molecule has 0 spiro atoms. The van der Waals surface area contributed by atoms with Gasteiger partial charge in [-0.3, -0.25) is 14.4 Å². The SMILES string of the molecule is CNCC(=O)N[C@@H]1CCN2C(=O)c3cc(C=Cc4ccccc4)ccc3NC(=O)[C@@H]2C1. The Bertz CT molecular complexity index is 1020. The van der Waals surface area contributed by atoms with E-state index in [1.165, 1.54) is 0 Å². The van der Waals surface area contributed by atoms with Crippen molar-refractivity contribution in [1.29, 1.82) is 0 Å². The summed E-state index contributed by atoms with van der Waals surface area (Å²) < 4.78 is 0. The molecule has 2 aromatic rings. The first-order valence-corrected chi connectivity index (χ1v) is 10.5. The third-order valence-corrected chi connectivity index (χ3v) is 5.67. The molecule has 2 heterocycles. The van der Waals surface area contributed by atoms with Gasteiger partial charge >= 0.3 is 0 Å². The topological polar surface area (TPSA) is 90.5 Å². The molecule has 3 N–H and O–H groups in total. The number of anilines is 1. The van der Waals surface area contributed by atoms with Gasteiger partial charge in [-0.25, -0.2) is 0 Å². The van der Waals surface area contributed by atoms with Crippen molar-refractivity contribution < 1.29 is 14.4 Å². The number of carbonyl (C=O) groups is 3. The number of rotatable bonds is 5. The maximum atomic E-state index is 13.3. The number of nitrogens with zero attached hydrogens (tertiary/aromatic N) is 1. The van der Waals surface area contributed by atoms with Gasteiger partial charge in [0.15, 0.2) is 0 Å². The normalized spacial score (nSPS) is 20.6. The Kier molecular flexibility index (Phi) is 6.13. The van der Waals surface area contributed by atoms with E-state index in [0.717, 1.165) is 11.1 Å². The van der Waals surface area contributed by atoms with Gasteiger partial charge in [0.25, 0.3) is 5.91 Å². The van der Waals surface area contributed by atoms with Crippen LogP contribution in [0.1, 0.15) is 34.3 Å². The predicted octanol–water partition coefficient (Wildman–Crippen LogP) is 2.12. The molecular weight excluding hydrogens is 392 g/mol. The monoisotopic (exact) mass is 418 g/mol. The molecule has 160 valence electrons. The van der Waals surface area contributed by atoms with Gasteiger partial charge in [-0.15, -0.1) is 0 Å². The minimum Gasteiger partial charge on any atom is -0.352 e. The summed E-state index contributed by atoms with van der Waals surface area (Å²) in [6, 6.07) is 14.7. The molecule has 4 rings (SSSR count). The third kappa shape index (κ3) is 4.67. The molecule has 7 nitrogen and oxygen atoms in total. The van der Waals surface area contributed by atoms with E-state index in [0.29, 0.717) is 30.6 Å². The van der Waals surface area contributed by atoms with Crippen LogP contribution in [0.15, 0.2) is 48.5 Å². The molecule has 1 saturated heterocycles. The molecule has 0 radical (unpaired) electrons. The molecule has 0 aliphatic carbocycles. The molecule has 0 unspecified atom stereocenters. The number of fused-ring (bicyclic) bond motifs is 2. The first kappa shape index (κ1) is 20.8. The van der Waals surface area contributed by atoms with Crippen molar-refractivity contribution in [2.24, 2.45) is 0 Å². The van der Waals surface area contributed by atoms with E-state index in [-0.39, 0.29) is 30.3 Å². The molecule has 31 heavy (non-hydrogen) atoms. The van der Waals surface area contributed by atoms with Gasteiger partial charge in [0.1, 0.15) is 6.04 Å². The molecule has 0 bridgehead atoms. The van der Waals surface area contributed by atoms with Gasteiger partial charge in [-0.05, 0) is 43.1 Å². The zero-order valence-electron chi connectivity index (χ0n) is 17.4. The van der Waals surface area contributed by atoms with Crippen molar-refractivity contribution in [1.82, 2.24) is 15.5 Å². The molecule has 2 aromatic carbocycles. The fraction of sp³-hybridized carbons (Fsp3) is 0.292. The Labute approximate surface area is 181 Å². The molecule has 2 aliphatic heterocycles. The number of nitrogens with one attached hydrogen (secondary N) is 3. The molecule has 0 aromatic heterocycles. The molecule has 0 saturated carbocycles. The van der Waals surface area contributed by atoms with Gasteiger partial charge in [0, 0.05) is 12.6 Å². The summed E-state index contributed by atoms with van der Waals surface area (Å²) in [5.41, 5.74) is 2.97. The van der Waals surface area contributed by atoms with Crippen molar-refractivity contribution in [3.05, 3.63) is 65.2 Å². The minimum absolute atomic E-state index is 0.112. The van der Waals surface area contributed by atoms with E-state index in [2.05, 4.69) is 16.0 Å². The molecule has 2 aliphatic rings. The molecule has 3 amide bonds. The van der Waals surface area contributed by atoms with Crippen LogP contribution in [0, 0.1) is 0 Å². The van der Waals surface area contributed by atoms with Gasteiger partial charge in [-0.2, -0.15) is 0 Å². The van der Waals surface area contributed by atoms with Crippen LogP contribution < -0.4 is 16.0 Å². The Hall–Kier alpha value is -3.45. The first-order valence-electron chi connectivity index (χ1n) is 10.5. The molecule has 7 heteroatoms. The summed E-state index contributed by atoms with van der Waals surface area (Å²) in [4.78, 5) is 39.7. The van der Waals surface area contributed by atoms with Crippen molar-refractivity contribution in [2.45, 2.75) is 24.9 Å². The van der Waals surface area contributed by atoms with Crippen LogP contribution in [0.4, 0.5) is 5.69 Å². The number of hydrogen-bond donors (Lipinski definition) is 3. The van der Waals surface area contributed by atoms with E-state index >= 15 is 0 Å². The second-order valence-electron chi connectivity index (χ2n) is 7.87. The van der Waals surface area contributed by atoms with E-state index in [9.17, 15) is 14.4 Å². The van der Waals surface area contributed by atoms with Crippen LogP contribution in [0.5, 0.6) is 0 Å². The standard InChI is InChI=1S/C24H26N4O3/c1-25-15-22(29)26-18-11-12-28-21(14-18)23(30)27-20-10-9-17(13-19(20)24(28)31)8-7-16-5-3-2-4-6-16/h2-10,13,18,21,25H,11-12,14-15H2,1H3,(H,26,29)(H,27,30)/t18-,21+/m1/s1. The average Bonchev–Trinajstić information content (AvgIpc) is 2.88. The quantitative estimate of drug-likeness (QED) is 0.649. The summed E-state index contributed by atoms with van der Waals surface area (Å²) in [5, 5.41) is 8.66. The smallest absolute Gasteiger partial charge is 0.256 e. The highest BCUT2D eigenvalue weighted by Crippen LogP contribution is 2.29. The number of hydrogen-bond acceptors (Lipinski definition) is 4. The summed E-state index contributed by atoms with van der Waals surface area (Å²) >= 11 is 0. The van der Waals surface area contributed by atoms with Gasteiger partial charge in [0.05, 0.1) is 17.8 Å². The lowest BCUT2D eigenvalue weighted by Crippen LogP contribution is -2.55. The minimum atomic E-state index is -0.600. The number of benzene rings is 2. The highest BCUT2D eigenvalue weighted by molar-refractivity contribution is 6.10. The molecule has 1 fully saturated rings. The largest absolute Gasteiger partial charge is 0.352 e. The number of piperidine rings is 1. The van der Waals surface area contributed by atoms with Gasteiger partial charge in [-0.1, -0.05) is 48.6 Å².